The van der Waals surface area contributed by atoms with Crippen LogP contribution in [0.4, 0.5) is 0 Å². The molecular formula is C20H17ClO. The van der Waals surface area contributed by atoms with Crippen molar-refractivity contribution >= 4 is 28.2 Å². The molecule has 2 heteroatoms. The molecule has 1 nitrogen and oxygen atoms in total. The number of benzene rings is 3. The molecule has 0 saturated heterocycles. The van der Waals surface area contributed by atoms with Crippen LogP contribution in [0.2, 0.25) is 5.02 Å². The van der Waals surface area contributed by atoms with E-state index in [2.05, 4.69) is 24.3 Å². The summed E-state index contributed by atoms with van der Waals surface area (Å²) in [6.07, 6.45) is 1.71. The van der Waals surface area contributed by atoms with Crippen molar-refractivity contribution in [1.29, 1.82) is 0 Å². The molecule has 0 atom stereocenters. The fourth-order valence-electron chi connectivity index (χ4n) is 2.64. The van der Waals surface area contributed by atoms with E-state index in [1.54, 1.807) is 0 Å². The molecule has 22 heavy (non-hydrogen) atoms. The molecule has 0 aromatic heterocycles. The maximum absolute atomic E-state index is 12.2. The van der Waals surface area contributed by atoms with Crippen LogP contribution in [0, 0.1) is 0 Å². The monoisotopic (exact) mass is 308 g/mol. The van der Waals surface area contributed by atoms with Gasteiger partial charge >= 0.3 is 0 Å². The van der Waals surface area contributed by atoms with E-state index in [1.807, 2.05) is 42.5 Å². The smallest absolute Gasteiger partial charge is 0.137 e. The molecule has 0 spiro atoms. The molecule has 3 rings (SSSR count). The fraction of sp³-hybridized carbons (Fsp3) is 0.150. The highest BCUT2D eigenvalue weighted by Crippen LogP contribution is 2.19. The van der Waals surface area contributed by atoms with Gasteiger partial charge in [-0.1, -0.05) is 72.3 Å². The van der Waals surface area contributed by atoms with E-state index in [0.29, 0.717) is 19.3 Å². The van der Waals surface area contributed by atoms with Crippen molar-refractivity contribution in [3.05, 3.63) is 82.9 Å². The van der Waals surface area contributed by atoms with E-state index in [1.165, 1.54) is 10.8 Å². The zero-order valence-corrected chi connectivity index (χ0v) is 13.0. The second kappa shape index (κ2) is 6.76. The molecule has 0 saturated carbocycles. The summed E-state index contributed by atoms with van der Waals surface area (Å²) in [5.74, 6) is 0.246. The molecule has 3 aromatic carbocycles. The van der Waals surface area contributed by atoms with Gasteiger partial charge in [-0.05, 0) is 34.4 Å². The minimum Gasteiger partial charge on any atom is -0.299 e. The summed E-state index contributed by atoms with van der Waals surface area (Å²) in [4.78, 5) is 12.2. The first kappa shape index (κ1) is 14.8. The summed E-state index contributed by atoms with van der Waals surface area (Å²) < 4.78 is 0. The number of halogens is 1. The highest BCUT2D eigenvalue weighted by Gasteiger charge is 2.07. The number of rotatable bonds is 5. The number of hydrogen-bond acceptors (Lipinski definition) is 1. The molecule has 0 unspecified atom stereocenters. The van der Waals surface area contributed by atoms with Crippen molar-refractivity contribution < 1.29 is 4.79 Å². The van der Waals surface area contributed by atoms with Gasteiger partial charge in [0.15, 0.2) is 0 Å². The number of carbonyl (C=O) groups is 1. The summed E-state index contributed by atoms with van der Waals surface area (Å²) >= 11 is 6.12. The van der Waals surface area contributed by atoms with Gasteiger partial charge in [0.25, 0.3) is 0 Å². The van der Waals surface area contributed by atoms with Crippen molar-refractivity contribution in [2.24, 2.45) is 0 Å². The second-order valence-corrected chi connectivity index (χ2v) is 5.90. The highest BCUT2D eigenvalue weighted by atomic mass is 35.5. The first-order chi connectivity index (χ1) is 10.7. The molecule has 0 aliphatic heterocycles. The number of ketones is 1. The maximum Gasteiger partial charge on any atom is 0.137 e. The molecule has 0 aliphatic rings. The minimum atomic E-state index is 0.246. The molecule has 0 N–H and O–H groups in total. The van der Waals surface area contributed by atoms with Crippen LogP contribution in [0.3, 0.4) is 0 Å². The highest BCUT2D eigenvalue weighted by molar-refractivity contribution is 6.31. The quantitative estimate of drug-likeness (QED) is 0.630. The lowest BCUT2D eigenvalue weighted by Gasteiger charge is -2.05. The molecular weight excluding hydrogens is 292 g/mol. The van der Waals surface area contributed by atoms with Crippen molar-refractivity contribution in [2.45, 2.75) is 19.3 Å². The van der Waals surface area contributed by atoms with Crippen LogP contribution in [0.1, 0.15) is 17.5 Å². The topological polar surface area (TPSA) is 17.1 Å². The van der Waals surface area contributed by atoms with E-state index in [-0.39, 0.29) is 5.78 Å². The predicted octanol–water partition coefficient (Wildman–Crippen LogP) is 5.24. The Morgan fingerprint density at radius 1 is 0.864 bits per heavy atom. The van der Waals surface area contributed by atoms with Gasteiger partial charge in [-0.15, -0.1) is 0 Å². The Morgan fingerprint density at radius 3 is 2.41 bits per heavy atom. The van der Waals surface area contributed by atoms with E-state index < -0.39 is 0 Å². The summed E-state index contributed by atoms with van der Waals surface area (Å²) in [6.45, 7) is 0. The van der Waals surface area contributed by atoms with Gasteiger partial charge in [0.05, 0.1) is 0 Å². The molecule has 0 aliphatic carbocycles. The third kappa shape index (κ3) is 3.55. The molecule has 110 valence electrons. The summed E-state index contributed by atoms with van der Waals surface area (Å²) in [6, 6.07) is 22.1. The Balaban J connectivity index is 1.64. The molecule has 0 radical (unpaired) electrons. The standard InChI is InChI=1S/C20H17ClO/c21-20-8-4-3-6-17(20)11-12-19(22)14-15-9-10-16-5-1-2-7-18(16)13-15/h1-10,13H,11-12,14H2. The number of carbonyl (C=O) groups excluding carboxylic acids is 1. The van der Waals surface area contributed by atoms with Crippen LogP contribution in [0.25, 0.3) is 10.8 Å². The summed E-state index contributed by atoms with van der Waals surface area (Å²) in [7, 11) is 0. The Kier molecular flexibility index (Phi) is 4.55. The first-order valence-electron chi connectivity index (χ1n) is 7.45. The number of fused-ring (bicyclic) bond motifs is 1. The largest absolute Gasteiger partial charge is 0.299 e. The summed E-state index contributed by atoms with van der Waals surface area (Å²) in [5.41, 5.74) is 2.11. The van der Waals surface area contributed by atoms with E-state index in [0.717, 1.165) is 16.1 Å². The summed E-state index contributed by atoms with van der Waals surface area (Å²) in [5, 5.41) is 3.12. The maximum atomic E-state index is 12.2. The van der Waals surface area contributed by atoms with Gasteiger partial charge in [-0.2, -0.15) is 0 Å². The third-order valence-electron chi connectivity index (χ3n) is 3.85. The fourth-order valence-corrected chi connectivity index (χ4v) is 2.87. The predicted molar refractivity (Wildman–Crippen MR) is 92.4 cm³/mol. The van der Waals surface area contributed by atoms with Gasteiger partial charge in [0.1, 0.15) is 5.78 Å². The molecule has 0 bridgehead atoms. The van der Waals surface area contributed by atoms with E-state index >= 15 is 0 Å². The molecule has 3 aromatic rings. The van der Waals surface area contributed by atoms with Crippen LogP contribution >= 0.6 is 11.6 Å². The zero-order chi connectivity index (χ0) is 15.4. The van der Waals surface area contributed by atoms with E-state index in [4.69, 9.17) is 11.6 Å². The van der Waals surface area contributed by atoms with Gasteiger partial charge in [-0.3, -0.25) is 4.79 Å². The number of Topliss-reactive ketones (excluding diaryl/α,β-unsaturated/α-hetero) is 1. The Labute approximate surface area is 135 Å². The van der Waals surface area contributed by atoms with Crippen LogP contribution in [0.15, 0.2) is 66.7 Å². The lowest BCUT2D eigenvalue weighted by Crippen LogP contribution is -2.04. The lowest BCUT2D eigenvalue weighted by molar-refractivity contribution is -0.118. The normalized spacial score (nSPS) is 10.8. The van der Waals surface area contributed by atoms with Crippen molar-refractivity contribution in [3.63, 3.8) is 0 Å². The lowest BCUT2D eigenvalue weighted by atomic mass is 10.0. The average Bonchev–Trinajstić information content (AvgIpc) is 2.54. The third-order valence-corrected chi connectivity index (χ3v) is 4.21. The molecule has 0 fully saturated rings. The Bertz CT molecular complexity index is 807. The zero-order valence-electron chi connectivity index (χ0n) is 12.3. The van der Waals surface area contributed by atoms with Gasteiger partial charge in [0, 0.05) is 17.9 Å². The minimum absolute atomic E-state index is 0.246. The average molecular weight is 309 g/mol. The Hall–Kier alpha value is -2.12. The van der Waals surface area contributed by atoms with Crippen LogP contribution in [0.5, 0.6) is 0 Å². The number of hydrogen-bond donors (Lipinski definition) is 0. The Morgan fingerprint density at radius 2 is 1.59 bits per heavy atom. The number of aryl methyl sites for hydroxylation is 1. The van der Waals surface area contributed by atoms with Crippen molar-refractivity contribution in [2.75, 3.05) is 0 Å². The van der Waals surface area contributed by atoms with Gasteiger partial charge in [-0.25, -0.2) is 0 Å². The van der Waals surface area contributed by atoms with Gasteiger partial charge < -0.3 is 0 Å². The van der Waals surface area contributed by atoms with Crippen molar-refractivity contribution in [3.8, 4) is 0 Å². The van der Waals surface area contributed by atoms with Crippen LogP contribution in [-0.2, 0) is 17.6 Å². The second-order valence-electron chi connectivity index (χ2n) is 5.49. The molecule has 0 heterocycles. The van der Waals surface area contributed by atoms with Gasteiger partial charge in [0.2, 0.25) is 0 Å². The van der Waals surface area contributed by atoms with Crippen LogP contribution < -0.4 is 0 Å². The van der Waals surface area contributed by atoms with Crippen LogP contribution in [-0.4, -0.2) is 5.78 Å². The van der Waals surface area contributed by atoms with E-state index in [9.17, 15) is 4.79 Å². The molecule has 0 amide bonds. The van der Waals surface area contributed by atoms with Crippen molar-refractivity contribution in [1.82, 2.24) is 0 Å². The SMILES string of the molecule is O=C(CCc1ccccc1Cl)Cc1ccc2ccccc2c1. The first-order valence-corrected chi connectivity index (χ1v) is 7.83.